The van der Waals surface area contributed by atoms with E-state index in [1.165, 1.54) is 16.9 Å². The van der Waals surface area contributed by atoms with E-state index >= 15 is 0 Å². The maximum atomic E-state index is 13.5. The van der Waals surface area contributed by atoms with Crippen LogP contribution in [-0.4, -0.2) is 89.6 Å². The van der Waals surface area contributed by atoms with Crippen molar-refractivity contribution in [3.05, 3.63) is 35.4 Å². The highest BCUT2D eigenvalue weighted by Gasteiger charge is 2.53. The summed E-state index contributed by atoms with van der Waals surface area (Å²) < 4.78 is 5.41. The number of Topliss-reactive ketones (excluding diaryl/α,β-unsaturated/α-hetero) is 1. The number of nitrogens with zero attached hydrogens (tertiary/aromatic N) is 2. The molecule has 40 heavy (non-hydrogen) atoms. The zero-order valence-corrected chi connectivity index (χ0v) is 28.0. The van der Waals surface area contributed by atoms with Crippen molar-refractivity contribution in [2.75, 3.05) is 32.8 Å². The van der Waals surface area contributed by atoms with Crippen LogP contribution >= 0.6 is 54.0 Å². The lowest BCUT2D eigenvalue weighted by Crippen LogP contribution is -2.53. The van der Waals surface area contributed by atoms with Crippen LogP contribution in [0.4, 0.5) is 0 Å². The van der Waals surface area contributed by atoms with Crippen molar-refractivity contribution in [3.63, 3.8) is 0 Å². The molecule has 4 atom stereocenters. The van der Waals surface area contributed by atoms with Gasteiger partial charge in [0.1, 0.15) is 30.9 Å². The van der Waals surface area contributed by atoms with Crippen LogP contribution in [0.25, 0.3) is 0 Å². The van der Waals surface area contributed by atoms with E-state index in [4.69, 9.17) is 4.74 Å². The molecule has 0 saturated carbocycles. The van der Waals surface area contributed by atoms with Crippen LogP contribution in [0.3, 0.4) is 0 Å². The first-order valence-corrected chi connectivity index (χ1v) is 13.3. The van der Waals surface area contributed by atoms with Gasteiger partial charge in [0.05, 0.1) is 6.54 Å². The number of carbonyl (C=O) groups excluding carboxylic acids is 3. The van der Waals surface area contributed by atoms with Gasteiger partial charge in [-0.15, -0.1) is 0 Å². The normalized spacial score (nSPS) is 23.6. The largest absolute Gasteiger partial charge is 0.388 e. The lowest BCUT2D eigenvalue weighted by atomic mass is 9.87. The quantitative estimate of drug-likeness (QED) is 0.478. The molecule has 0 aliphatic carbocycles. The number of rotatable bonds is 7. The number of ether oxygens (including phenoxy) is 1. The molecule has 3 aliphatic rings. The second kappa shape index (κ2) is 16.7. The van der Waals surface area contributed by atoms with Crippen molar-refractivity contribution in [2.24, 2.45) is 5.41 Å². The number of likely N-dealkylation sites (tertiary alicyclic amines) is 2. The van der Waals surface area contributed by atoms with E-state index in [0.717, 1.165) is 32.5 Å². The standard InChI is InChI=1S/C28H41N3O5.4H2S/c1-5-12-30-13-10-19(11-14-30)18-6-8-20(9-7-18)26(34)29-21(15-28(2,3)4)27(35)31-16-22(32)25-24(31)23(33)17-36-25;;;;/h6-9,19,21-22,24-25,32H,5,10-17H2,1-4H3,(H,29,34);4*1H2/t21-,22-,24+,25+;;;;/m0..../s1. The first-order chi connectivity index (χ1) is 17.1. The summed E-state index contributed by atoms with van der Waals surface area (Å²) in [6.07, 6.45) is 2.24. The third-order valence-electron chi connectivity index (χ3n) is 7.63. The summed E-state index contributed by atoms with van der Waals surface area (Å²) in [4.78, 5) is 43.0. The van der Waals surface area contributed by atoms with Crippen LogP contribution in [-0.2, 0) is 14.3 Å². The summed E-state index contributed by atoms with van der Waals surface area (Å²) >= 11 is 0. The number of piperidine rings is 1. The van der Waals surface area contributed by atoms with E-state index in [2.05, 4.69) is 17.1 Å². The van der Waals surface area contributed by atoms with Gasteiger partial charge in [-0.3, -0.25) is 14.4 Å². The highest BCUT2D eigenvalue weighted by Crippen LogP contribution is 2.31. The first-order valence-electron chi connectivity index (χ1n) is 13.3. The van der Waals surface area contributed by atoms with Crippen molar-refractivity contribution in [1.82, 2.24) is 15.1 Å². The lowest BCUT2D eigenvalue weighted by Gasteiger charge is -2.32. The molecule has 2 N–H and O–H groups in total. The number of aliphatic hydroxyl groups is 1. The molecule has 12 heteroatoms. The van der Waals surface area contributed by atoms with Gasteiger partial charge in [0, 0.05) is 5.56 Å². The van der Waals surface area contributed by atoms with Crippen LogP contribution in [0.5, 0.6) is 0 Å². The van der Waals surface area contributed by atoms with Crippen molar-refractivity contribution in [2.45, 2.75) is 83.6 Å². The van der Waals surface area contributed by atoms with Gasteiger partial charge >= 0.3 is 0 Å². The van der Waals surface area contributed by atoms with E-state index in [1.54, 1.807) is 0 Å². The number of carbonyl (C=O) groups is 3. The Hall–Kier alpha value is -0.890. The average Bonchev–Trinajstić information content (AvgIpc) is 3.38. The fourth-order valence-corrected chi connectivity index (χ4v) is 5.82. The second-order valence-corrected chi connectivity index (χ2v) is 11.8. The number of fused-ring (bicyclic) bond motifs is 1. The van der Waals surface area contributed by atoms with Gasteiger partial charge < -0.3 is 25.0 Å². The van der Waals surface area contributed by atoms with Crippen LogP contribution in [0.1, 0.15) is 75.2 Å². The summed E-state index contributed by atoms with van der Waals surface area (Å²) in [6, 6.07) is 6.16. The van der Waals surface area contributed by atoms with Crippen LogP contribution in [0, 0.1) is 5.41 Å². The lowest BCUT2D eigenvalue weighted by molar-refractivity contribution is -0.138. The molecule has 3 aliphatic heterocycles. The monoisotopic (exact) mass is 635 g/mol. The highest BCUT2D eigenvalue weighted by molar-refractivity contribution is 7.59. The fraction of sp³-hybridized carbons (Fsp3) is 0.679. The number of benzene rings is 1. The summed E-state index contributed by atoms with van der Waals surface area (Å²) in [5.74, 6) is -0.362. The molecule has 4 rings (SSSR count). The molecule has 0 bridgehead atoms. The number of amides is 2. The predicted molar refractivity (Wildman–Crippen MR) is 178 cm³/mol. The maximum Gasteiger partial charge on any atom is 0.251 e. The molecule has 1 aromatic carbocycles. The maximum absolute atomic E-state index is 13.5. The van der Waals surface area contributed by atoms with Gasteiger partial charge in [-0.1, -0.05) is 39.8 Å². The Kier molecular flexibility index (Phi) is 16.3. The molecule has 0 unspecified atom stereocenters. The summed E-state index contributed by atoms with van der Waals surface area (Å²) in [7, 11) is 0. The molecule has 230 valence electrons. The van der Waals surface area contributed by atoms with Crippen molar-refractivity contribution < 1.29 is 24.2 Å². The smallest absolute Gasteiger partial charge is 0.251 e. The van der Waals surface area contributed by atoms with Crippen molar-refractivity contribution >= 4 is 71.6 Å². The second-order valence-electron chi connectivity index (χ2n) is 11.8. The molecular weight excluding hydrogens is 587 g/mol. The molecule has 2 amide bonds. The minimum Gasteiger partial charge on any atom is -0.388 e. The molecule has 3 saturated heterocycles. The zero-order chi connectivity index (χ0) is 26.0. The van der Waals surface area contributed by atoms with Gasteiger partial charge in [0.2, 0.25) is 5.91 Å². The van der Waals surface area contributed by atoms with Gasteiger partial charge in [-0.25, -0.2) is 0 Å². The Bertz CT molecular complexity index is 968. The molecule has 1 aromatic rings. The molecule has 3 heterocycles. The summed E-state index contributed by atoms with van der Waals surface area (Å²) in [5, 5.41) is 13.2. The van der Waals surface area contributed by atoms with Gasteiger partial charge in [0.15, 0.2) is 5.78 Å². The molecular formula is C28H49N3O5S4. The minimum atomic E-state index is -0.905. The SMILES string of the molecule is CCCN1CCC(c2ccc(C(=O)N[C@@H](CC(C)(C)C)C(=O)N3C[C@H](O)[C@H]4OCC(=O)[C@H]43)cc2)CC1.S.S.S.S. The zero-order valence-electron chi connectivity index (χ0n) is 24.0. The number of hydrogen-bond donors (Lipinski definition) is 2. The number of ketones is 1. The molecule has 0 radical (unpaired) electrons. The molecule has 3 fully saturated rings. The Balaban J connectivity index is 0.00000380. The summed E-state index contributed by atoms with van der Waals surface area (Å²) in [6.45, 7) is 11.5. The van der Waals surface area contributed by atoms with E-state index in [9.17, 15) is 19.5 Å². The van der Waals surface area contributed by atoms with Gasteiger partial charge in [0.25, 0.3) is 5.91 Å². The topological polar surface area (TPSA) is 99.2 Å². The third kappa shape index (κ3) is 9.31. The summed E-state index contributed by atoms with van der Waals surface area (Å²) in [5.41, 5.74) is 1.52. The van der Waals surface area contributed by atoms with E-state index in [0.29, 0.717) is 17.9 Å². The minimum absolute atomic E-state index is 0. The van der Waals surface area contributed by atoms with E-state index in [-0.39, 0.29) is 90.1 Å². The van der Waals surface area contributed by atoms with Gasteiger partial charge in [-0.05, 0) is 74.3 Å². The molecule has 0 spiro atoms. The Morgan fingerprint density at radius 1 is 1.07 bits per heavy atom. The van der Waals surface area contributed by atoms with E-state index in [1.807, 2.05) is 45.0 Å². The van der Waals surface area contributed by atoms with Crippen LogP contribution in [0.15, 0.2) is 24.3 Å². The third-order valence-corrected chi connectivity index (χ3v) is 7.63. The van der Waals surface area contributed by atoms with Crippen molar-refractivity contribution in [1.29, 1.82) is 0 Å². The molecule has 8 nitrogen and oxygen atoms in total. The van der Waals surface area contributed by atoms with Crippen molar-refractivity contribution in [3.8, 4) is 0 Å². The average molecular weight is 636 g/mol. The number of hydrogen-bond acceptors (Lipinski definition) is 6. The Morgan fingerprint density at radius 3 is 2.23 bits per heavy atom. The predicted octanol–water partition coefficient (Wildman–Crippen LogP) is 2.80. The highest BCUT2D eigenvalue weighted by atomic mass is 32.1. The fourth-order valence-electron chi connectivity index (χ4n) is 5.82. The number of aliphatic hydroxyl groups excluding tert-OH is 1. The Labute approximate surface area is 267 Å². The Morgan fingerprint density at radius 2 is 1.68 bits per heavy atom. The van der Waals surface area contributed by atoms with Crippen LogP contribution < -0.4 is 5.32 Å². The number of β-amino-alcohol motifs (C(OH)–C–C–N with tert-alkyl or cyclic N) is 1. The van der Waals surface area contributed by atoms with E-state index < -0.39 is 24.3 Å². The molecule has 0 aromatic heterocycles. The number of nitrogens with one attached hydrogen (secondary N) is 1. The van der Waals surface area contributed by atoms with Crippen LogP contribution in [0.2, 0.25) is 0 Å². The van der Waals surface area contributed by atoms with Gasteiger partial charge in [-0.2, -0.15) is 54.0 Å². The first kappa shape index (κ1) is 39.1.